The molecule has 0 aliphatic rings. The third-order valence-electron chi connectivity index (χ3n) is 5.75. The van der Waals surface area contributed by atoms with Gasteiger partial charge in [0.1, 0.15) is 5.82 Å². The quantitative estimate of drug-likeness (QED) is 0.221. The Morgan fingerprint density at radius 1 is 0.861 bits per heavy atom. The lowest BCUT2D eigenvalue weighted by atomic mass is 10.1. The summed E-state index contributed by atoms with van der Waals surface area (Å²) in [4.78, 5) is 25.1. The number of carbonyl (C=O) groups is 2. The van der Waals surface area contributed by atoms with Gasteiger partial charge in [-0.3, -0.25) is 9.59 Å². The van der Waals surface area contributed by atoms with Gasteiger partial charge in [-0.05, 0) is 65.4 Å². The number of amides is 1. The van der Waals surface area contributed by atoms with E-state index in [1.165, 1.54) is 36.0 Å². The van der Waals surface area contributed by atoms with Gasteiger partial charge in [0.2, 0.25) is 0 Å². The van der Waals surface area contributed by atoms with Crippen molar-refractivity contribution in [2.24, 2.45) is 7.05 Å². The summed E-state index contributed by atoms with van der Waals surface area (Å²) in [6.07, 6.45) is 0. The summed E-state index contributed by atoms with van der Waals surface area (Å²) < 4.78 is 14.9. The van der Waals surface area contributed by atoms with Crippen molar-refractivity contribution < 1.29 is 14.0 Å². The van der Waals surface area contributed by atoms with Crippen LogP contribution in [0.25, 0.3) is 22.2 Å². The predicted octanol–water partition coefficient (Wildman–Crippen LogP) is 6.00. The minimum atomic E-state index is -0.393. The number of Topliss-reactive ketones (excluding diaryl/α,β-unsaturated/α-hetero) is 1. The van der Waals surface area contributed by atoms with Gasteiger partial charge >= 0.3 is 0 Å². The van der Waals surface area contributed by atoms with Crippen molar-refractivity contribution >= 4 is 39.9 Å². The van der Waals surface area contributed by atoms with Crippen molar-refractivity contribution in [1.29, 1.82) is 0 Å². The molecule has 178 valence electrons. The van der Waals surface area contributed by atoms with Crippen LogP contribution in [0, 0.1) is 5.82 Å². The zero-order chi connectivity index (χ0) is 25.1. The zero-order valence-electron chi connectivity index (χ0n) is 19.3. The van der Waals surface area contributed by atoms with Crippen LogP contribution in [0.2, 0.25) is 0 Å². The molecular weight excluding hydrogens is 475 g/mol. The largest absolute Gasteiger partial charge is 0.322 e. The number of nitrogens with zero attached hydrogens (tertiary/aromatic N) is 3. The fourth-order valence-electron chi connectivity index (χ4n) is 3.78. The first kappa shape index (κ1) is 23.4. The van der Waals surface area contributed by atoms with Gasteiger partial charge in [0.05, 0.1) is 5.75 Å². The van der Waals surface area contributed by atoms with E-state index < -0.39 is 5.82 Å². The van der Waals surface area contributed by atoms with E-state index in [0.29, 0.717) is 27.8 Å². The number of anilines is 1. The molecule has 6 nitrogen and oxygen atoms in total. The SMILES string of the molecule is Cn1c(SCC(=O)c2ccc3ccccc3c2)nnc1-c1ccc(NC(=O)c2ccc(F)cc2)cc1. The molecule has 1 N–H and O–H groups in total. The Labute approximate surface area is 211 Å². The topological polar surface area (TPSA) is 76.9 Å². The molecular formula is C28H21FN4O2S. The molecule has 0 atom stereocenters. The van der Waals surface area contributed by atoms with Gasteiger partial charge in [0.15, 0.2) is 16.8 Å². The van der Waals surface area contributed by atoms with Crippen LogP contribution in [0.3, 0.4) is 0 Å². The van der Waals surface area contributed by atoms with Crippen molar-refractivity contribution in [2.45, 2.75) is 5.16 Å². The maximum atomic E-state index is 13.1. The third kappa shape index (κ3) is 5.04. The zero-order valence-corrected chi connectivity index (χ0v) is 20.1. The van der Waals surface area contributed by atoms with E-state index in [1.807, 2.05) is 66.2 Å². The van der Waals surface area contributed by atoms with Gasteiger partial charge in [-0.1, -0.05) is 48.2 Å². The molecule has 0 radical (unpaired) electrons. The van der Waals surface area contributed by atoms with Crippen LogP contribution in [0.15, 0.2) is 96.2 Å². The fraction of sp³-hybridized carbons (Fsp3) is 0.0714. The summed E-state index contributed by atoms with van der Waals surface area (Å²) in [5.74, 6) is 0.202. The van der Waals surface area contributed by atoms with Crippen molar-refractivity contribution in [1.82, 2.24) is 14.8 Å². The predicted molar refractivity (Wildman–Crippen MR) is 140 cm³/mol. The second-order valence-electron chi connectivity index (χ2n) is 8.18. The lowest BCUT2D eigenvalue weighted by molar-refractivity contribution is 0.101. The highest BCUT2D eigenvalue weighted by atomic mass is 32.2. The minimum Gasteiger partial charge on any atom is -0.322 e. The number of fused-ring (bicyclic) bond motifs is 1. The molecule has 36 heavy (non-hydrogen) atoms. The van der Waals surface area contributed by atoms with Crippen LogP contribution < -0.4 is 5.32 Å². The van der Waals surface area contributed by atoms with Crippen LogP contribution in [0.4, 0.5) is 10.1 Å². The summed E-state index contributed by atoms with van der Waals surface area (Å²) in [5.41, 5.74) is 2.46. The van der Waals surface area contributed by atoms with Crippen LogP contribution in [0.5, 0.6) is 0 Å². The van der Waals surface area contributed by atoms with E-state index in [4.69, 9.17) is 0 Å². The molecule has 1 heterocycles. The Morgan fingerprint density at radius 2 is 1.56 bits per heavy atom. The Bertz CT molecular complexity index is 1560. The summed E-state index contributed by atoms with van der Waals surface area (Å²) in [6, 6.07) is 26.2. The number of rotatable bonds is 7. The average Bonchev–Trinajstić information content (AvgIpc) is 3.27. The Morgan fingerprint density at radius 3 is 2.31 bits per heavy atom. The van der Waals surface area contributed by atoms with E-state index >= 15 is 0 Å². The number of ketones is 1. The molecule has 0 saturated heterocycles. The lowest BCUT2D eigenvalue weighted by Crippen LogP contribution is -2.11. The molecule has 1 amide bonds. The molecule has 0 spiro atoms. The van der Waals surface area contributed by atoms with Crippen molar-refractivity contribution in [3.63, 3.8) is 0 Å². The lowest BCUT2D eigenvalue weighted by Gasteiger charge is -2.07. The van der Waals surface area contributed by atoms with E-state index in [-0.39, 0.29) is 17.4 Å². The minimum absolute atomic E-state index is 0.0246. The number of nitrogens with one attached hydrogen (secondary N) is 1. The van der Waals surface area contributed by atoms with Crippen molar-refractivity contribution in [3.05, 3.63) is 108 Å². The average molecular weight is 497 g/mol. The van der Waals surface area contributed by atoms with E-state index in [2.05, 4.69) is 15.5 Å². The van der Waals surface area contributed by atoms with Gasteiger partial charge in [-0.2, -0.15) is 0 Å². The number of thioether (sulfide) groups is 1. The molecule has 0 unspecified atom stereocenters. The monoisotopic (exact) mass is 496 g/mol. The third-order valence-corrected chi connectivity index (χ3v) is 6.77. The maximum Gasteiger partial charge on any atom is 0.255 e. The first-order valence-corrected chi connectivity index (χ1v) is 12.2. The summed E-state index contributed by atoms with van der Waals surface area (Å²) in [5, 5.41) is 14.1. The van der Waals surface area contributed by atoms with Crippen molar-refractivity contribution in [2.75, 3.05) is 11.1 Å². The second kappa shape index (κ2) is 10.1. The molecule has 0 bridgehead atoms. The van der Waals surface area contributed by atoms with Crippen LogP contribution in [-0.2, 0) is 7.05 Å². The fourth-order valence-corrected chi connectivity index (χ4v) is 4.58. The molecule has 0 fully saturated rings. The molecule has 8 heteroatoms. The van der Waals surface area contributed by atoms with Crippen molar-refractivity contribution in [3.8, 4) is 11.4 Å². The molecule has 0 saturated carbocycles. The Hall–Kier alpha value is -4.30. The van der Waals surface area contributed by atoms with Gasteiger partial charge in [0, 0.05) is 29.4 Å². The molecule has 5 aromatic rings. The summed E-state index contributed by atoms with van der Waals surface area (Å²) >= 11 is 1.34. The number of hydrogen-bond donors (Lipinski definition) is 1. The summed E-state index contributed by atoms with van der Waals surface area (Å²) in [7, 11) is 1.85. The van der Waals surface area contributed by atoms with E-state index in [0.717, 1.165) is 16.3 Å². The maximum absolute atomic E-state index is 13.1. The highest BCUT2D eigenvalue weighted by molar-refractivity contribution is 7.99. The molecule has 4 aromatic carbocycles. The van der Waals surface area contributed by atoms with Gasteiger partial charge in [-0.25, -0.2) is 4.39 Å². The summed E-state index contributed by atoms with van der Waals surface area (Å²) in [6.45, 7) is 0. The van der Waals surface area contributed by atoms with Gasteiger partial charge in [-0.15, -0.1) is 10.2 Å². The van der Waals surface area contributed by atoms with Crippen LogP contribution in [0.1, 0.15) is 20.7 Å². The first-order valence-electron chi connectivity index (χ1n) is 11.2. The first-order chi connectivity index (χ1) is 17.5. The molecule has 5 rings (SSSR count). The van der Waals surface area contributed by atoms with Crippen LogP contribution in [-0.4, -0.2) is 32.2 Å². The second-order valence-corrected chi connectivity index (χ2v) is 9.12. The molecule has 0 aliphatic heterocycles. The van der Waals surface area contributed by atoms with Crippen LogP contribution >= 0.6 is 11.8 Å². The standard InChI is InChI=1S/C28H21FN4O2S/c1-33-26(19-10-14-24(15-11-19)30-27(35)20-8-12-23(29)13-9-20)31-32-28(33)36-17-25(34)22-7-6-18-4-2-3-5-21(18)16-22/h2-16H,17H2,1H3,(H,30,35). The Balaban J connectivity index is 1.23. The number of halogens is 1. The smallest absolute Gasteiger partial charge is 0.255 e. The molecule has 1 aromatic heterocycles. The highest BCUT2D eigenvalue weighted by Gasteiger charge is 2.15. The molecule has 0 aliphatic carbocycles. The number of hydrogen-bond acceptors (Lipinski definition) is 5. The highest BCUT2D eigenvalue weighted by Crippen LogP contribution is 2.25. The number of aromatic nitrogens is 3. The number of carbonyl (C=O) groups excluding carboxylic acids is 2. The number of benzene rings is 4. The Kier molecular flexibility index (Phi) is 6.60. The normalized spacial score (nSPS) is 10.9. The van der Waals surface area contributed by atoms with Gasteiger partial charge < -0.3 is 9.88 Å². The van der Waals surface area contributed by atoms with Gasteiger partial charge in [0.25, 0.3) is 5.91 Å². The van der Waals surface area contributed by atoms with E-state index in [1.54, 1.807) is 12.1 Å². The van der Waals surface area contributed by atoms with E-state index in [9.17, 15) is 14.0 Å².